The summed E-state index contributed by atoms with van der Waals surface area (Å²) in [6.45, 7) is 3.40. The number of primary amides is 1. The van der Waals surface area contributed by atoms with Crippen LogP contribution in [0.15, 0.2) is 24.3 Å². The predicted octanol–water partition coefficient (Wildman–Crippen LogP) is 0.487. The maximum absolute atomic E-state index is 11.9. The van der Waals surface area contributed by atoms with Gasteiger partial charge in [-0.25, -0.2) is 0 Å². The Kier molecular flexibility index (Phi) is 4.88. The van der Waals surface area contributed by atoms with Gasteiger partial charge in [0.25, 0.3) is 5.91 Å². The Bertz CT molecular complexity index is 455. The molecule has 0 fully saturated rings. The maximum atomic E-state index is 11.9. The molecule has 0 aliphatic carbocycles. The monoisotopic (exact) mass is 265 g/mol. The number of nitrogens with two attached hydrogens (primary N) is 1. The van der Waals surface area contributed by atoms with E-state index in [1.54, 1.807) is 45.2 Å². The van der Waals surface area contributed by atoms with Crippen LogP contribution in [-0.4, -0.2) is 31.0 Å². The molecule has 0 radical (unpaired) electrons. The van der Waals surface area contributed by atoms with Crippen molar-refractivity contribution in [2.75, 3.05) is 19.0 Å². The topological polar surface area (TPSA) is 93.4 Å². The summed E-state index contributed by atoms with van der Waals surface area (Å²) in [7, 11) is 1.72. The molecule has 0 heterocycles. The van der Waals surface area contributed by atoms with Gasteiger partial charge in [0.05, 0.1) is 5.54 Å². The zero-order valence-electron chi connectivity index (χ0n) is 11.3. The average Bonchev–Trinajstić information content (AvgIpc) is 2.37. The molecule has 0 aliphatic rings. The second kappa shape index (κ2) is 6.19. The number of ether oxygens (including phenoxy) is 1. The fourth-order valence-electron chi connectivity index (χ4n) is 1.19. The summed E-state index contributed by atoms with van der Waals surface area (Å²) in [5.74, 6) is -0.154. The van der Waals surface area contributed by atoms with Gasteiger partial charge in [-0.15, -0.1) is 0 Å². The molecule has 1 rings (SSSR count). The smallest absolute Gasteiger partial charge is 0.255 e. The van der Waals surface area contributed by atoms with Crippen molar-refractivity contribution in [1.29, 1.82) is 0 Å². The molecule has 0 aromatic heterocycles. The molecule has 0 aliphatic heterocycles. The first-order valence-electron chi connectivity index (χ1n) is 5.86. The highest BCUT2D eigenvalue weighted by molar-refractivity contribution is 5.97. The normalized spacial score (nSPS) is 10.9. The van der Waals surface area contributed by atoms with E-state index in [1.165, 1.54) is 0 Å². The van der Waals surface area contributed by atoms with E-state index in [9.17, 15) is 9.59 Å². The number of hydrogen-bond acceptors (Lipinski definition) is 4. The van der Waals surface area contributed by atoms with Gasteiger partial charge in [-0.3, -0.25) is 9.59 Å². The first-order valence-corrected chi connectivity index (χ1v) is 5.86. The first kappa shape index (κ1) is 15.0. The van der Waals surface area contributed by atoms with E-state index in [2.05, 4.69) is 10.6 Å². The summed E-state index contributed by atoms with van der Waals surface area (Å²) in [5.41, 5.74) is 4.97. The summed E-state index contributed by atoms with van der Waals surface area (Å²) >= 11 is 0. The van der Waals surface area contributed by atoms with E-state index in [1.807, 2.05) is 0 Å². The minimum absolute atomic E-state index is 0.138. The maximum Gasteiger partial charge on any atom is 0.255 e. The fraction of sp³-hybridized carbons (Fsp3) is 0.385. The number of nitrogens with one attached hydrogen (secondary N) is 2. The second-order valence-corrected chi connectivity index (χ2v) is 4.61. The van der Waals surface area contributed by atoms with Crippen molar-refractivity contribution in [3.8, 4) is 5.75 Å². The Morgan fingerprint density at radius 3 is 2.32 bits per heavy atom. The molecule has 0 saturated carbocycles. The third-order valence-electron chi connectivity index (χ3n) is 2.69. The number of benzene rings is 1. The third-order valence-corrected chi connectivity index (χ3v) is 2.69. The van der Waals surface area contributed by atoms with Crippen molar-refractivity contribution < 1.29 is 14.3 Å². The molecule has 1 aromatic carbocycles. The van der Waals surface area contributed by atoms with Crippen molar-refractivity contribution in [3.63, 3.8) is 0 Å². The van der Waals surface area contributed by atoms with Crippen LogP contribution in [0.2, 0.25) is 0 Å². The van der Waals surface area contributed by atoms with Crippen LogP contribution in [0.25, 0.3) is 0 Å². The van der Waals surface area contributed by atoms with E-state index >= 15 is 0 Å². The Morgan fingerprint density at radius 1 is 1.26 bits per heavy atom. The lowest BCUT2D eigenvalue weighted by Gasteiger charge is -2.22. The van der Waals surface area contributed by atoms with Gasteiger partial charge < -0.3 is 21.1 Å². The van der Waals surface area contributed by atoms with Crippen molar-refractivity contribution in [2.45, 2.75) is 19.4 Å². The standard InChI is InChI=1S/C13H19N3O3/c1-13(2,15-3)12(18)16-9-4-6-10(7-5-9)19-8-11(14)17/h4-7,15H,8H2,1-3H3,(H2,14,17)(H,16,18). The van der Waals surface area contributed by atoms with Crippen LogP contribution in [0.3, 0.4) is 0 Å². The van der Waals surface area contributed by atoms with Crippen molar-refractivity contribution in [1.82, 2.24) is 5.32 Å². The highest BCUT2D eigenvalue weighted by Crippen LogP contribution is 2.16. The van der Waals surface area contributed by atoms with Crippen LogP contribution in [0.1, 0.15) is 13.8 Å². The molecule has 0 bridgehead atoms. The van der Waals surface area contributed by atoms with Crippen LogP contribution in [-0.2, 0) is 9.59 Å². The van der Waals surface area contributed by atoms with Gasteiger partial charge in [0, 0.05) is 5.69 Å². The average molecular weight is 265 g/mol. The van der Waals surface area contributed by atoms with Gasteiger partial charge in [-0.2, -0.15) is 0 Å². The molecule has 104 valence electrons. The van der Waals surface area contributed by atoms with Crippen molar-refractivity contribution in [3.05, 3.63) is 24.3 Å². The number of amides is 2. The number of anilines is 1. The number of carbonyl (C=O) groups excluding carboxylic acids is 2. The first-order chi connectivity index (χ1) is 8.85. The van der Waals surface area contributed by atoms with E-state index < -0.39 is 11.4 Å². The molecular formula is C13H19N3O3. The van der Waals surface area contributed by atoms with Gasteiger partial charge in [-0.1, -0.05) is 0 Å². The van der Waals surface area contributed by atoms with E-state index in [4.69, 9.17) is 10.5 Å². The Balaban J connectivity index is 2.62. The molecule has 6 nitrogen and oxygen atoms in total. The van der Waals surface area contributed by atoms with Crippen LogP contribution < -0.4 is 21.1 Å². The molecule has 2 amide bonds. The second-order valence-electron chi connectivity index (χ2n) is 4.61. The quantitative estimate of drug-likeness (QED) is 0.697. The van der Waals surface area contributed by atoms with Gasteiger partial charge in [0.1, 0.15) is 5.75 Å². The number of hydrogen-bond donors (Lipinski definition) is 3. The van der Waals surface area contributed by atoms with E-state index in [0.717, 1.165) is 0 Å². The molecule has 0 saturated heterocycles. The molecule has 0 unspecified atom stereocenters. The summed E-state index contributed by atoms with van der Waals surface area (Å²) in [4.78, 5) is 22.5. The lowest BCUT2D eigenvalue weighted by atomic mass is 10.1. The van der Waals surface area contributed by atoms with Gasteiger partial charge in [0.2, 0.25) is 5.91 Å². The Labute approximate surface area is 112 Å². The van der Waals surface area contributed by atoms with Crippen LogP contribution in [0.4, 0.5) is 5.69 Å². The molecule has 1 aromatic rings. The fourth-order valence-corrected chi connectivity index (χ4v) is 1.19. The Hall–Kier alpha value is -2.08. The molecule has 4 N–H and O–H groups in total. The van der Waals surface area contributed by atoms with E-state index in [-0.39, 0.29) is 12.5 Å². The Morgan fingerprint density at radius 2 is 1.84 bits per heavy atom. The SMILES string of the molecule is CNC(C)(C)C(=O)Nc1ccc(OCC(N)=O)cc1. The molecule has 0 spiro atoms. The lowest BCUT2D eigenvalue weighted by molar-refractivity contribution is -0.121. The van der Waals surface area contributed by atoms with Crippen LogP contribution >= 0.6 is 0 Å². The summed E-state index contributed by atoms with van der Waals surface area (Å²) < 4.78 is 5.12. The highest BCUT2D eigenvalue weighted by Gasteiger charge is 2.24. The summed E-state index contributed by atoms with van der Waals surface area (Å²) in [6, 6.07) is 6.70. The third kappa shape index (κ3) is 4.59. The zero-order valence-corrected chi connectivity index (χ0v) is 11.3. The predicted molar refractivity (Wildman–Crippen MR) is 72.9 cm³/mol. The minimum Gasteiger partial charge on any atom is -0.484 e. The summed E-state index contributed by atoms with van der Waals surface area (Å²) in [5, 5.41) is 5.69. The van der Waals surface area contributed by atoms with Gasteiger partial charge >= 0.3 is 0 Å². The van der Waals surface area contributed by atoms with Crippen LogP contribution in [0, 0.1) is 0 Å². The number of likely N-dealkylation sites (N-methyl/N-ethyl adjacent to an activating group) is 1. The summed E-state index contributed by atoms with van der Waals surface area (Å²) in [6.07, 6.45) is 0. The minimum atomic E-state index is -0.652. The highest BCUT2D eigenvalue weighted by atomic mass is 16.5. The van der Waals surface area contributed by atoms with Crippen LogP contribution in [0.5, 0.6) is 5.75 Å². The molecule has 19 heavy (non-hydrogen) atoms. The van der Waals surface area contributed by atoms with Crippen molar-refractivity contribution in [2.24, 2.45) is 5.73 Å². The number of carbonyl (C=O) groups is 2. The molecule has 6 heteroatoms. The largest absolute Gasteiger partial charge is 0.484 e. The van der Waals surface area contributed by atoms with Gasteiger partial charge in [-0.05, 0) is 45.2 Å². The number of rotatable bonds is 6. The van der Waals surface area contributed by atoms with Crippen molar-refractivity contribution >= 4 is 17.5 Å². The van der Waals surface area contributed by atoms with E-state index in [0.29, 0.717) is 11.4 Å². The lowest BCUT2D eigenvalue weighted by Crippen LogP contribution is -2.47. The zero-order chi connectivity index (χ0) is 14.5. The molecular weight excluding hydrogens is 246 g/mol. The molecule has 0 atom stereocenters. The van der Waals surface area contributed by atoms with Gasteiger partial charge in [0.15, 0.2) is 6.61 Å².